The Morgan fingerprint density at radius 1 is 1.16 bits per heavy atom. The summed E-state index contributed by atoms with van der Waals surface area (Å²) in [5, 5.41) is 3.41. The first-order valence-electron chi connectivity index (χ1n) is 10.5. The van der Waals surface area contributed by atoms with E-state index in [1.807, 2.05) is 48.5 Å². The quantitative estimate of drug-likeness (QED) is 0.404. The van der Waals surface area contributed by atoms with Crippen molar-refractivity contribution in [3.05, 3.63) is 69.0 Å². The molecule has 32 heavy (non-hydrogen) atoms. The van der Waals surface area contributed by atoms with Crippen molar-refractivity contribution in [2.24, 2.45) is 5.92 Å². The number of thiophene rings is 1. The van der Waals surface area contributed by atoms with Crippen LogP contribution in [0, 0.1) is 5.92 Å². The lowest BCUT2D eigenvalue weighted by Gasteiger charge is -2.18. The van der Waals surface area contributed by atoms with Crippen molar-refractivity contribution in [1.29, 1.82) is 0 Å². The molecule has 1 amide bonds. The van der Waals surface area contributed by atoms with Crippen LogP contribution in [0.4, 0.5) is 5.00 Å². The summed E-state index contributed by atoms with van der Waals surface area (Å²) < 4.78 is 11.5. The molecule has 0 fully saturated rings. The number of nitrogens with one attached hydrogen (secondary N) is 1. The molecule has 1 N–H and O–H groups in total. The van der Waals surface area contributed by atoms with Gasteiger partial charge in [0, 0.05) is 4.88 Å². The molecular formula is C25H24BrNO4S. The molecule has 0 saturated carbocycles. The van der Waals surface area contributed by atoms with Gasteiger partial charge in [0.1, 0.15) is 10.8 Å². The minimum absolute atomic E-state index is 0.164. The van der Waals surface area contributed by atoms with E-state index in [0.717, 1.165) is 45.3 Å². The van der Waals surface area contributed by atoms with Crippen LogP contribution >= 0.6 is 27.3 Å². The number of ether oxygens (including phenoxy) is 2. The van der Waals surface area contributed by atoms with E-state index >= 15 is 0 Å². The number of fused-ring (bicyclic) bond motifs is 1. The van der Waals surface area contributed by atoms with Crippen LogP contribution in [0.2, 0.25) is 0 Å². The lowest BCUT2D eigenvalue weighted by Crippen LogP contribution is -2.21. The molecule has 7 heteroatoms. The second-order valence-corrected chi connectivity index (χ2v) is 9.86. The van der Waals surface area contributed by atoms with Gasteiger partial charge < -0.3 is 14.8 Å². The highest BCUT2D eigenvalue weighted by Crippen LogP contribution is 2.40. The average Bonchev–Trinajstić information content (AvgIpc) is 3.14. The number of methoxy groups -OCH3 is 1. The van der Waals surface area contributed by atoms with E-state index in [1.165, 1.54) is 18.4 Å². The van der Waals surface area contributed by atoms with E-state index in [2.05, 4.69) is 28.2 Å². The molecule has 1 heterocycles. The number of esters is 1. The number of benzene rings is 2. The minimum Gasteiger partial charge on any atom is -0.483 e. The summed E-state index contributed by atoms with van der Waals surface area (Å²) in [6, 6.07) is 15.8. The zero-order chi connectivity index (χ0) is 22.7. The van der Waals surface area contributed by atoms with Gasteiger partial charge in [-0.2, -0.15) is 0 Å². The van der Waals surface area contributed by atoms with E-state index < -0.39 is 5.97 Å². The summed E-state index contributed by atoms with van der Waals surface area (Å²) in [5.74, 6) is 0.412. The monoisotopic (exact) mass is 513 g/mol. The van der Waals surface area contributed by atoms with E-state index in [4.69, 9.17) is 9.47 Å². The summed E-state index contributed by atoms with van der Waals surface area (Å²) >= 11 is 4.99. The fourth-order valence-corrected chi connectivity index (χ4v) is 5.80. The maximum absolute atomic E-state index is 12.6. The van der Waals surface area contributed by atoms with Crippen molar-refractivity contribution in [3.8, 4) is 16.9 Å². The average molecular weight is 514 g/mol. The number of amides is 1. The summed E-state index contributed by atoms with van der Waals surface area (Å²) in [6.45, 7) is 2.04. The summed E-state index contributed by atoms with van der Waals surface area (Å²) in [7, 11) is 1.36. The van der Waals surface area contributed by atoms with E-state index in [-0.39, 0.29) is 12.5 Å². The number of halogens is 1. The third-order valence-electron chi connectivity index (χ3n) is 5.55. The summed E-state index contributed by atoms with van der Waals surface area (Å²) in [6.07, 6.45) is 2.76. The Kier molecular flexibility index (Phi) is 6.96. The molecule has 0 aliphatic heterocycles. The van der Waals surface area contributed by atoms with Crippen LogP contribution in [-0.4, -0.2) is 25.6 Å². The van der Waals surface area contributed by atoms with E-state index in [9.17, 15) is 9.59 Å². The number of hydrogen-bond donors (Lipinski definition) is 1. The number of carbonyl (C=O) groups is 2. The molecule has 5 nitrogen and oxygen atoms in total. The van der Waals surface area contributed by atoms with Gasteiger partial charge in [-0.05, 0) is 69.9 Å². The van der Waals surface area contributed by atoms with Gasteiger partial charge in [0.25, 0.3) is 5.91 Å². The van der Waals surface area contributed by atoms with Crippen LogP contribution in [0.1, 0.15) is 34.1 Å². The summed E-state index contributed by atoms with van der Waals surface area (Å²) in [4.78, 5) is 26.2. The molecule has 3 aromatic rings. The molecule has 0 spiro atoms. The van der Waals surface area contributed by atoms with Crippen molar-refractivity contribution in [3.63, 3.8) is 0 Å². The SMILES string of the molecule is COC(=O)c1c(NC(=O)COc2ccc(-c3ccccc3)cc2Br)sc2c1CCC(C)C2. The number of rotatable bonds is 6. The van der Waals surface area contributed by atoms with Crippen LogP contribution in [0.25, 0.3) is 11.1 Å². The van der Waals surface area contributed by atoms with Crippen molar-refractivity contribution in [2.45, 2.75) is 26.2 Å². The normalized spacial score (nSPS) is 15.0. The lowest BCUT2D eigenvalue weighted by molar-refractivity contribution is -0.118. The molecule has 166 valence electrons. The van der Waals surface area contributed by atoms with Crippen LogP contribution < -0.4 is 10.1 Å². The van der Waals surface area contributed by atoms with Crippen LogP contribution in [0.3, 0.4) is 0 Å². The Morgan fingerprint density at radius 3 is 2.66 bits per heavy atom. The Hall–Kier alpha value is -2.64. The zero-order valence-electron chi connectivity index (χ0n) is 17.9. The largest absolute Gasteiger partial charge is 0.483 e. The highest BCUT2D eigenvalue weighted by atomic mass is 79.9. The number of anilines is 1. The first-order chi connectivity index (χ1) is 15.5. The van der Waals surface area contributed by atoms with Gasteiger partial charge in [0.2, 0.25) is 0 Å². The molecular weight excluding hydrogens is 490 g/mol. The molecule has 1 aliphatic carbocycles. The maximum atomic E-state index is 12.6. The fraction of sp³-hybridized carbons (Fsp3) is 0.280. The smallest absolute Gasteiger partial charge is 0.341 e. The predicted octanol–water partition coefficient (Wildman–Crippen LogP) is 6.11. The molecule has 2 aromatic carbocycles. The molecule has 1 unspecified atom stereocenters. The number of hydrogen-bond acceptors (Lipinski definition) is 5. The van der Waals surface area contributed by atoms with Gasteiger partial charge in [0.05, 0.1) is 17.1 Å². The molecule has 0 bridgehead atoms. The van der Waals surface area contributed by atoms with Crippen molar-refractivity contribution in [1.82, 2.24) is 0 Å². The van der Waals surface area contributed by atoms with E-state index in [0.29, 0.717) is 22.2 Å². The molecule has 0 saturated heterocycles. The van der Waals surface area contributed by atoms with Gasteiger partial charge in [-0.15, -0.1) is 11.3 Å². The predicted molar refractivity (Wildman–Crippen MR) is 131 cm³/mol. The Morgan fingerprint density at radius 2 is 1.94 bits per heavy atom. The fourth-order valence-electron chi connectivity index (χ4n) is 3.89. The molecule has 0 radical (unpaired) electrons. The second kappa shape index (κ2) is 9.88. The Labute approximate surface area is 199 Å². The molecule has 4 rings (SSSR count). The van der Waals surface area contributed by atoms with Crippen molar-refractivity contribution in [2.75, 3.05) is 19.0 Å². The standard InChI is InChI=1S/C25H24BrNO4S/c1-15-8-10-18-21(12-15)32-24(23(18)25(29)30-2)27-22(28)14-31-20-11-9-17(13-19(20)26)16-6-4-3-5-7-16/h3-7,9,11,13,15H,8,10,12,14H2,1-2H3,(H,27,28). The molecule has 1 aliphatic rings. The van der Waals surface area contributed by atoms with Gasteiger partial charge in [-0.3, -0.25) is 4.79 Å². The maximum Gasteiger partial charge on any atom is 0.341 e. The van der Waals surface area contributed by atoms with Gasteiger partial charge in [-0.25, -0.2) is 4.79 Å². The van der Waals surface area contributed by atoms with Gasteiger partial charge in [-0.1, -0.05) is 43.3 Å². The third-order valence-corrected chi connectivity index (χ3v) is 7.34. The van der Waals surface area contributed by atoms with Gasteiger partial charge >= 0.3 is 5.97 Å². The second-order valence-electron chi connectivity index (χ2n) is 7.90. The Bertz CT molecular complexity index is 1140. The van der Waals surface area contributed by atoms with Gasteiger partial charge in [0.15, 0.2) is 6.61 Å². The van der Waals surface area contributed by atoms with Crippen LogP contribution in [0.5, 0.6) is 5.75 Å². The first-order valence-corrected chi connectivity index (χ1v) is 12.1. The lowest BCUT2D eigenvalue weighted by atomic mass is 9.88. The zero-order valence-corrected chi connectivity index (χ0v) is 20.3. The van der Waals surface area contributed by atoms with Crippen molar-refractivity contribution >= 4 is 44.1 Å². The highest BCUT2D eigenvalue weighted by Gasteiger charge is 2.29. The van der Waals surface area contributed by atoms with Crippen LogP contribution in [-0.2, 0) is 22.4 Å². The Balaban J connectivity index is 1.45. The summed E-state index contributed by atoms with van der Waals surface area (Å²) in [5.41, 5.74) is 3.65. The molecule has 1 atom stereocenters. The minimum atomic E-state index is -0.410. The van der Waals surface area contributed by atoms with Crippen LogP contribution in [0.15, 0.2) is 53.0 Å². The number of carbonyl (C=O) groups excluding carboxylic acids is 2. The highest BCUT2D eigenvalue weighted by molar-refractivity contribution is 9.10. The van der Waals surface area contributed by atoms with E-state index in [1.54, 1.807) is 0 Å². The van der Waals surface area contributed by atoms with Crippen molar-refractivity contribution < 1.29 is 19.1 Å². The molecule has 1 aromatic heterocycles. The first kappa shape index (κ1) is 22.6. The third kappa shape index (κ3) is 4.89. The topological polar surface area (TPSA) is 64.6 Å².